The summed E-state index contributed by atoms with van der Waals surface area (Å²) in [5.41, 5.74) is -0.593. The number of carbonyl (C=O) groups excluding carboxylic acids is 1. The van der Waals surface area contributed by atoms with E-state index in [4.69, 9.17) is 8.92 Å². The minimum atomic E-state index is -3.65. The highest BCUT2D eigenvalue weighted by Gasteiger charge is 2.70. The molecule has 1 aliphatic heterocycles. The van der Waals surface area contributed by atoms with Crippen LogP contribution in [0.4, 0.5) is 8.78 Å². The zero-order valence-electron chi connectivity index (χ0n) is 10.4. The maximum Gasteiger partial charge on any atom is 0.377 e. The molecule has 1 saturated heterocycles. The summed E-state index contributed by atoms with van der Waals surface area (Å²) in [5, 5.41) is -0.584. The first kappa shape index (κ1) is 13.2. The van der Waals surface area contributed by atoms with E-state index in [9.17, 15) is 22.0 Å². The van der Waals surface area contributed by atoms with Gasteiger partial charge in [0, 0.05) is 18.3 Å². The summed E-state index contributed by atoms with van der Waals surface area (Å²) in [6, 6.07) is 0. The highest BCUT2D eigenvalue weighted by atomic mass is 32.2. The van der Waals surface area contributed by atoms with Gasteiger partial charge in [0.15, 0.2) is 0 Å². The number of rotatable bonds is 2. The van der Waals surface area contributed by atoms with E-state index in [2.05, 4.69) is 0 Å². The molecule has 0 aromatic heterocycles. The van der Waals surface area contributed by atoms with Gasteiger partial charge in [0.25, 0.3) is 10.1 Å². The van der Waals surface area contributed by atoms with Crippen molar-refractivity contribution in [2.24, 2.45) is 11.3 Å². The fraction of sp³-hybridized carbons (Fsp3) is 0.909. The van der Waals surface area contributed by atoms with Crippen LogP contribution in [0.5, 0.6) is 0 Å². The molecule has 0 spiro atoms. The Hall–Kier alpha value is -0.760. The van der Waals surface area contributed by atoms with Crippen molar-refractivity contribution in [3.05, 3.63) is 0 Å². The van der Waals surface area contributed by atoms with Gasteiger partial charge in [-0.05, 0) is 12.8 Å². The van der Waals surface area contributed by atoms with Gasteiger partial charge in [-0.3, -0.25) is 4.18 Å². The first-order valence-electron chi connectivity index (χ1n) is 6.06. The predicted octanol–water partition coefficient (Wildman–Crippen LogP) is 1.08. The summed E-state index contributed by atoms with van der Waals surface area (Å²) >= 11 is 0. The van der Waals surface area contributed by atoms with Gasteiger partial charge < -0.3 is 4.74 Å². The van der Waals surface area contributed by atoms with Crippen LogP contribution in [-0.2, 0) is 23.8 Å². The molecule has 19 heavy (non-hydrogen) atoms. The molecule has 8 heteroatoms. The van der Waals surface area contributed by atoms with E-state index in [-0.39, 0.29) is 5.92 Å². The van der Waals surface area contributed by atoms with Crippen molar-refractivity contribution in [3.8, 4) is 0 Å². The van der Waals surface area contributed by atoms with Crippen LogP contribution in [0.15, 0.2) is 0 Å². The Balaban J connectivity index is 1.88. The summed E-state index contributed by atoms with van der Waals surface area (Å²) in [6.07, 6.45) is -0.900. The number of hydrogen-bond donors (Lipinski definition) is 0. The van der Waals surface area contributed by atoms with Crippen LogP contribution in [0.25, 0.3) is 0 Å². The molecule has 5 nitrogen and oxygen atoms in total. The van der Waals surface area contributed by atoms with Gasteiger partial charge in [-0.25, -0.2) is 4.79 Å². The maximum absolute atomic E-state index is 12.9. The third kappa shape index (κ3) is 1.72. The molecular weight excluding hydrogens is 282 g/mol. The number of esters is 1. The SMILES string of the molecule is CC(F)(F)C(=O)OC1C2OS(=O)(=O)C3CC1(C)CC23. The summed E-state index contributed by atoms with van der Waals surface area (Å²) in [4.78, 5) is 11.3. The Bertz CT molecular complexity index is 540. The van der Waals surface area contributed by atoms with Crippen LogP contribution in [0.2, 0.25) is 0 Å². The zero-order valence-corrected chi connectivity index (χ0v) is 11.2. The van der Waals surface area contributed by atoms with Crippen molar-refractivity contribution in [3.63, 3.8) is 0 Å². The van der Waals surface area contributed by atoms with Gasteiger partial charge in [-0.1, -0.05) is 6.92 Å². The fourth-order valence-electron chi connectivity index (χ4n) is 3.64. The second-order valence-corrected chi connectivity index (χ2v) is 7.82. The molecule has 0 aromatic rings. The molecule has 3 fully saturated rings. The van der Waals surface area contributed by atoms with Gasteiger partial charge in [0.1, 0.15) is 12.2 Å². The highest BCUT2D eigenvalue weighted by Crippen LogP contribution is 2.62. The second-order valence-electron chi connectivity index (χ2n) is 6.03. The first-order valence-corrected chi connectivity index (χ1v) is 7.53. The van der Waals surface area contributed by atoms with Crippen molar-refractivity contribution >= 4 is 16.1 Å². The molecule has 2 saturated carbocycles. The molecule has 0 amide bonds. The molecule has 2 aliphatic carbocycles. The van der Waals surface area contributed by atoms with E-state index in [1.807, 2.05) is 0 Å². The van der Waals surface area contributed by atoms with Gasteiger partial charge in [-0.2, -0.15) is 17.2 Å². The lowest BCUT2D eigenvalue weighted by Gasteiger charge is -2.32. The summed E-state index contributed by atoms with van der Waals surface area (Å²) in [6.45, 7) is 2.22. The molecule has 0 N–H and O–H groups in total. The predicted molar refractivity (Wildman–Crippen MR) is 58.9 cm³/mol. The molecule has 1 heterocycles. The van der Waals surface area contributed by atoms with Crippen LogP contribution < -0.4 is 0 Å². The molecule has 3 aliphatic rings. The molecule has 108 valence electrons. The Kier molecular flexibility index (Phi) is 2.41. The highest BCUT2D eigenvalue weighted by molar-refractivity contribution is 7.87. The number of hydrogen-bond acceptors (Lipinski definition) is 5. The number of carbonyl (C=O) groups is 1. The van der Waals surface area contributed by atoms with E-state index in [1.165, 1.54) is 0 Å². The molecule has 0 aromatic carbocycles. The van der Waals surface area contributed by atoms with Crippen LogP contribution in [0.3, 0.4) is 0 Å². The third-order valence-electron chi connectivity index (χ3n) is 4.46. The van der Waals surface area contributed by atoms with Crippen LogP contribution in [0.1, 0.15) is 26.7 Å². The van der Waals surface area contributed by atoms with Crippen LogP contribution in [0, 0.1) is 11.3 Å². The quantitative estimate of drug-likeness (QED) is 0.563. The smallest absolute Gasteiger partial charge is 0.377 e. The van der Waals surface area contributed by atoms with E-state index >= 15 is 0 Å². The van der Waals surface area contributed by atoms with Crippen LogP contribution >= 0.6 is 0 Å². The molecule has 5 atom stereocenters. The molecule has 0 radical (unpaired) electrons. The van der Waals surface area contributed by atoms with E-state index in [1.54, 1.807) is 6.92 Å². The third-order valence-corrected chi connectivity index (χ3v) is 6.21. The lowest BCUT2D eigenvalue weighted by atomic mass is 9.82. The van der Waals surface area contributed by atoms with Gasteiger partial charge in [0.2, 0.25) is 0 Å². The Labute approximate surface area is 109 Å². The molecular formula is C11H14F2O5S. The van der Waals surface area contributed by atoms with E-state index in [0.717, 1.165) is 0 Å². The maximum atomic E-state index is 12.9. The lowest BCUT2D eigenvalue weighted by molar-refractivity contribution is -0.185. The van der Waals surface area contributed by atoms with Crippen molar-refractivity contribution in [2.45, 2.75) is 50.1 Å². The molecule has 5 unspecified atom stereocenters. The number of halogens is 2. The first-order chi connectivity index (χ1) is 8.55. The minimum absolute atomic E-state index is 0.252. The van der Waals surface area contributed by atoms with Gasteiger partial charge in [-0.15, -0.1) is 0 Å². The van der Waals surface area contributed by atoms with Crippen molar-refractivity contribution in [2.75, 3.05) is 0 Å². The summed E-state index contributed by atoms with van der Waals surface area (Å²) in [5.74, 6) is -5.47. The van der Waals surface area contributed by atoms with Crippen molar-refractivity contribution in [1.29, 1.82) is 0 Å². The Morgan fingerprint density at radius 2 is 2.05 bits per heavy atom. The average molecular weight is 296 g/mol. The van der Waals surface area contributed by atoms with E-state index < -0.39 is 44.9 Å². The Morgan fingerprint density at radius 1 is 1.42 bits per heavy atom. The number of alkyl halides is 2. The van der Waals surface area contributed by atoms with Crippen LogP contribution in [-0.4, -0.2) is 37.8 Å². The number of ether oxygens (including phenoxy) is 1. The molecule has 3 rings (SSSR count). The Morgan fingerprint density at radius 3 is 2.63 bits per heavy atom. The average Bonchev–Trinajstić information content (AvgIpc) is 2.76. The largest absolute Gasteiger partial charge is 0.455 e. The lowest BCUT2D eigenvalue weighted by Crippen LogP contribution is -2.44. The number of fused-ring (bicyclic) bond motifs is 1. The normalized spacial score (nSPS) is 46.5. The van der Waals surface area contributed by atoms with Gasteiger partial charge >= 0.3 is 11.9 Å². The zero-order chi connectivity index (χ0) is 14.2. The fourth-order valence-corrected chi connectivity index (χ4v) is 5.60. The summed E-state index contributed by atoms with van der Waals surface area (Å²) in [7, 11) is -3.65. The topological polar surface area (TPSA) is 69.7 Å². The van der Waals surface area contributed by atoms with E-state index in [0.29, 0.717) is 19.8 Å². The standard InChI is InChI=1S/C11H14F2O5S/c1-10-3-5-6(4-10)19(15,16)18-7(5)8(10)17-9(14)11(2,12)13/h5-8H,3-4H2,1-2H3. The monoisotopic (exact) mass is 296 g/mol. The van der Waals surface area contributed by atoms with Crippen molar-refractivity contribution in [1.82, 2.24) is 0 Å². The molecule has 2 bridgehead atoms. The summed E-state index contributed by atoms with van der Waals surface area (Å²) < 4.78 is 59.1. The second kappa shape index (κ2) is 3.46. The minimum Gasteiger partial charge on any atom is -0.455 e. The van der Waals surface area contributed by atoms with Gasteiger partial charge in [0.05, 0.1) is 5.25 Å². The van der Waals surface area contributed by atoms with Crippen molar-refractivity contribution < 1.29 is 30.9 Å².